The van der Waals surface area contributed by atoms with Crippen LogP contribution < -0.4 is 5.73 Å². The fourth-order valence-corrected chi connectivity index (χ4v) is 1.45. The molecule has 0 aromatic heterocycles. The van der Waals surface area contributed by atoms with Crippen molar-refractivity contribution in [1.29, 1.82) is 5.26 Å². The van der Waals surface area contributed by atoms with E-state index in [1.165, 1.54) is 0 Å². The molecule has 3 nitrogen and oxygen atoms in total. The number of hydrogen-bond donors (Lipinski definition) is 1. The van der Waals surface area contributed by atoms with Gasteiger partial charge >= 0.3 is 0 Å². The van der Waals surface area contributed by atoms with Crippen molar-refractivity contribution in [2.24, 2.45) is 0 Å². The molecule has 0 atom stereocenters. The number of para-hydroxylation sites is 1. The van der Waals surface area contributed by atoms with Crippen molar-refractivity contribution in [2.75, 3.05) is 18.9 Å². The summed E-state index contributed by atoms with van der Waals surface area (Å²) in [5.74, 6) is 0. The van der Waals surface area contributed by atoms with Crippen LogP contribution in [-0.2, 0) is 11.2 Å². The fraction of sp³-hybridized carbons (Fsp3) is 0.462. The number of nitrogen functional groups attached to an aromatic ring is 1. The Hall–Kier alpha value is -1.53. The molecule has 0 aliphatic heterocycles. The zero-order chi connectivity index (χ0) is 11.6. The predicted octanol–water partition coefficient (Wildman–Crippen LogP) is 2.52. The first-order valence-electron chi connectivity index (χ1n) is 5.62. The Balaban J connectivity index is 2.08. The molecule has 1 aromatic carbocycles. The van der Waals surface area contributed by atoms with Crippen LogP contribution in [-0.4, -0.2) is 13.2 Å². The van der Waals surface area contributed by atoms with Crippen molar-refractivity contribution in [3.8, 4) is 6.07 Å². The van der Waals surface area contributed by atoms with Crippen molar-refractivity contribution in [3.63, 3.8) is 0 Å². The largest absolute Gasteiger partial charge is 0.399 e. The van der Waals surface area contributed by atoms with Crippen LogP contribution >= 0.6 is 0 Å². The standard InChI is InChI=1S/C13H18N2O/c14-9-4-1-5-10-16-11-8-12-6-2-3-7-13(12)15/h2-3,6-7H,1,4-5,8,10-11,15H2. The molecule has 0 aliphatic carbocycles. The average Bonchev–Trinajstić information content (AvgIpc) is 2.30. The summed E-state index contributed by atoms with van der Waals surface area (Å²) in [6.07, 6.45) is 3.35. The third kappa shape index (κ3) is 4.81. The van der Waals surface area contributed by atoms with E-state index in [2.05, 4.69) is 6.07 Å². The molecular weight excluding hydrogens is 200 g/mol. The number of nitrogens with zero attached hydrogens (tertiary/aromatic N) is 1. The molecule has 0 saturated carbocycles. The third-order valence-corrected chi connectivity index (χ3v) is 2.40. The maximum absolute atomic E-state index is 8.34. The molecule has 0 spiro atoms. The summed E-state index contributed by atoms with van der Waals surface area (Å²) in [6, 6.07) is 9.96. The van der Waals surface area contributed by atoms with Gasteiger partial charge in [-0.2, -0.15) is 5.26 Å². The van der Waals surface area contributed by atoms with E-state index in [0.29, 0.717) is 13.0 Å². The lowest BCUT2D eigenvalue weighted by Crippen LogP contribution is -2.02. The van der Waals surface area contributed by atoms with Crippen LogP contribution in [0.5, 0.6) is 0 Å². The van der Waals surface area contributed by atoms with Crippen LogP contribution in [0.2, 0.25) is 0 Å². The molecule has 16 heavy (non-hydrogen) atoms. The van der Waals surface area contributed by atoms with E-state index in [9.17, 15) is 0 Å². The molecule has 2 N–H and O–H groups in total. The molecule has 0 amide bonds. The predicted molar refractivity (Wildman–Crippen MR) is 64.8 cm³/mol. The molecule has 0 fully saturated rings. The Morgan fingerprint density at radius 1 is 1.19 bits per heavy atom. The van der Waals surface area contributed by atoms with Gasteiger partial charge in [-0.3, -0.25) is 0 Å². The van der Waals surface area contributed by atoms with Gasteiger partial charge in [0.05, 0.1) is 12.7 Å². The Labute approximate surface area is 96.8 Å². The van der Waals surface area contributed by atoms with E-state index >= 15 is 0 Å². The highest BCUT2D eigenvalue weighted by atomic mass is 16.5. The molecule has 0 heterocycles. The number of unbranched alkanes of at least 4 members (excludes halogenated alkanes) is 2. The van der Waals surface area contributed by atoms with Gasteiger partial charge in [0.25, 0.3) is 0 Å². The highest BCUT2D eigenvalue weighted by molar-refractivity contribution is 5.46. The zero-order valence-electron chi connectivity index (χ0n) is 9.48. The van der Waals surface area contributed by atoms with Crippen molar-refractivity contribution in [3.05, 3.63) is 29.8 Å². The van der Waals surface area contributed by atoms with Crippen molar-refractivity contribution >= 4 is 5.69 Å². The van der Waals surface area contributed by atoms with Crippen molar-refractivity contribution in [2.45, 2.75) is 25.7 Å². The van der Waals surface area contributed by atoms with E-state index in [4.69, 9.17) is 15.7 Å². The second-order valence-electron chi connectivity index (χ2n) is 3.68. The molecule has 0 bridgehead atoms. The van der Waals surface area contributed by atoms with Gasteiger partial charge in [0.2, 0.25) is 0 Å². The summed E-state index contributed by atoms with van der Waals surface area (Å²) in [5, 5.41) is 8.34. The van der Waals surface area contributed by atoms with Gasteiger partial charge in [0.15, 0.2) is 0 Å². The minimum absolute atomic E-state index is 0.620. The number of nitrogens with two attached hydrogens (primary N) is 1. The fourth-order valence-electron chi connectivity index (χ4n) is 1.45. The van der Waals surface area contributed by atoms with Gasteiger partial charge in [-0.05, 0) is 30.9 Å². The summed E-state index contributed by atoms with van der Waals surface area (Å²) < 4.78 is 5.47. The Kier molecular flexibility index (Phi) is 6.05. The van der Waals surface area contributed by atoms with E-state index in [-0.39, 0.29) is 0 Å². The molecule has 3 heteroatoms. The first-order valence-corrected chi connectivity index (χ1v) is 5.62. The van der Waals surface area contributed by atoms with E-state index < -0.39 is 0 Å². The molecule has 1 aromatic rings. The lowest BCUT2D eigenvalue weighted by atomic mass is 10.1. The summed E-state index contributed by atoms with van der Waals surface area (Å²) in [4.78, 5) is 0. The van der Waals surface area contributed by atoms with Gasteiger partial charge < -0.3 is 10.5 Å². The van der Waals surface area contributed by atoms with Gasteiger partial charge in [0, 0.05) is 18.7 Å². The molecule has 0 saturated heterocycles. The molecule has 0 aliphatic rings. The minimum Gasteiger partial charge on any atom is -0.399 e. The molecule has 0 unspecified atom stereocenters. The number of nitriles is 1. The number of rotatable bonds is 7. The highest BCUT2D eigenvalue weighted by Crippen LogP contribution is 2.10. The van der Waals surface area contributed by atoms with Gasteiger partial charge in [-0.25, -0.2) is 0 Å². The summed E-state index contributed by atoms with van der Waals surface area (Å²) in [6.45, 7) is 1.43. The van der Waals surface area contributed by atoms with Crippen LogP contribution in [0.15, 0.2) is 24.3 Å². The quantitative estimate of drug-likeness (QED) is 0.565. The molecule has 1 rings (SSSR count). The maximum atomic E-state index is 8.34. The van der Waals surface area contributed by atoms with E-state index in [1.54, 1.807) is 0 Å². The second kappa shape index (κ2) is 7.72. The summed E-state index contributed by atoms with van der Waals surface area (Å²) in [7, 11) is 0. The second-order valence-corrected chi connectivity index (χ2v) is 3.68. The number of benzene rings is 1. The smallest absolute Gasteiger partial charge is 0.0621 e. The van der Waals surface area contributed by atoms with Gasteiger partial charge in [-0.15, -0.1) is 0 Å². The zero-order valence-corrected chi connectivity index (χ0v) is 9.48. The number of ether oxygens (including phenoxy) is 1. The SMILES string of the molecule is N#CCCCCOCCc1ccccc1N. The average molecular weight is 218 g/mol. The van der Waals surface area contributed by atoms with E-state index in [1.807, 2.05) is 24.3 Å². The molecule has 86 valence electrons. The lowest BCUT2D eigenvalue weighted by molar-refractivity contribution is 0.133. The van der Waals surface area contributed by atoms with Crippen LogP contribution in [0.25, 0.3) is 0 Å². The Morgan fingerprint density at radius 3 is 2.75 bits per heavy atom. The highest BCUT2D eigenvalue weighted by Gasteiger charge is 1.97. The minimum atomic E-state index is 0.620. The topological polar surface area (TPSA) is 59.0 Å². The third-order valence-electron chi connectivity index (χ3n) is 2.40. The Bertz CT molecular complexity index is 344. The first-order chi connectivity index (χ1) is 7.84. The number of hydrogen-bond acceptors (Lipinski definition) is 3. The Morgan fingerprint density at radius 2 is 2.00 bits per heavy atom. The summed E-state index contributed by atoms with van der Waals surface area (Å²) in [5.41, 5.74) is 7.78. The lowest BCUT2D eigenvalue weighted by Gasteiger charge is -2.06. The maximum Gasteiger partial charge on any atom is 0.0621 e. The number of anilines is 1. The van der Waals surface area contributed by atoms with E-state index in [0.717, 1.165) is 37.1 Å². The van der Waals surface area contributed by atoms with Crippen molar-refractivity contribution < 1.29 is 4.74 Å². The van der Waals surface area contributed by atoms with Crippen LogP contribution in [0, 0.1) is 11.3 Å². The molecule has 0 radical (unpaired) electrons. The van der Waals surface area contributed by atoms with Crippen molar-refractivity contribution in [1.82, 2.24) is 0 Å². The first kappa shape index (κ1) is 12.5. The normalized spacial score (nSPS) is 9.94. The van der Waals surface area contributed by atoms with Crippen LogP contribution in [0.3, 0.4) is 0 Å². The van der Waals surface area contributed by atoms with Gasteiger partial charge in [-0.1, -0.05) is 18.2 Å². The van der Waals surface area contributed by atoms with Crippen LogP contribution in [0.1, 0.15) is 24.8 Å². The van der Waals surface area contributed by atoms with Gasteiger partial charge in [0.1, 0.15) is 0 Å². The summed E-state index contributed by atoms with van der Waals surface area (Å²) >= 11 is 0. The van der Waals surface area contributed by atoms with Crippen LogP contribution in [0.4, 0.5) is 5.69 Å². The molecular formula is C13H18N2O. The monoisotopic (exact) mass is 218 g/mol.